The van der Waals surface area contributed by atoms with E-state index in [2.05, 4.69) is 26.0 Å². The summed E-state index contributed by atoms with van der Waals surface area (Å²) in [5, 5.41) is 21.9. The predicted octanol–water partition coefficient (Wildman–Crippen LogP) is 9.58. The fourth-order valence-corrected chi connectivity index (χ4v) is 7.90. The molecule has 0 amide bonds. The Morgan fingerprint density at radius 1 is 0.411 bits per heavy atom. The average molecular weight is 1040 g/mol. The monoisotopic (exact) mass is 1040 g/mol. The van der Waals surface area contributed by atoms with Crippen LogP contribution in [-0.4, -0.2) is 160 Å². The molecular weight excluding hydrogens is 937 g/mol. The van der Waals surface area contributed by atoms with E-state index >= 15 is 0 Å². The van der Waals surface area contributed by atoms with Gasteiger partial charge in [-0.05, 0) is 83.5 Å². The van der Waals surface area contributed by atoms with Crippen LogP contribution in [0.15, 0.2) is 24.3 Å². The Morgan fingerprint density at radius 3 is 1.18 bits per heavy atom. The molecule has 16 nitrogen and oxygen atoms in total. The number of rotatable bonds is 48. The zero-order valence-corrected chi connectivity index (χ0v) is 47.1. The molecule has 0 aliphatic carbocycles. The number of esters is 6. The van der Waals surface area contributed by atoms with E-state index in [9.17, 15) is 39.0 Å². The predicted molar refractivity (Wildman–Crippen MR) is 285 cm³/mol. The van der Waals surface area contributed by atoms with Crippen LogP contribution in [0.2, 0.25) is 0 Å². The highest BCUT2D eigenvalue weighted by Crippen LogP contribution is 2.18. The third kappa shape index (κ3) is 42.1. The van der Waals surface area contributed by atoms with Crippen LogP contribution in [0.4, 0.5) is 0 Å². The molecule has 4 atom stereocenters. The van der Waals surface area contributed by atoms with Crippen LogP contribution in [0.5, 0.6) is 0 Å². The summed E-state index contributed by atoms with van der Waals surface area (Å²) in [5.41, 5.74) is 0. The van der Waals surface area contributed by atoms with Gasteiger partial charge in [0, 0.05) is 25.7 Å². The summed E-state index contributed by atoms with van der Waals surface area (Å²) in [6.07, 6.45) is 26.3. The summed E-state index contributed by atoms with van der Waals surface area (Å²) in [4.78, 5) is 73.2. The normalized spacial score (nSPS) is 13.6. The van der Waals surface area contributed by atoms with Gasteiger partial charge in [-0.15, -0.1) is 0 Å². The van der Waals surface area contributed by atoms with Crippen molar-refractivity contribution in [2.75, 3.05) is 80.8 Å². The highest BCUT2D eigenvalue weighted by atomic mass is 16.6. The second-order valence-corrected chi connectivity index (χ2v) is 20.8. The lowest BCUT2D eigenvalue weighted by Crippen LogP contribution is -2.48. The minimum atomic E-state index is -0.789. The summed E-state index contributed by atoms with van der Waals surface area (Å²) in [6.45, 7) is 9.66. The standard InChI is InChI=1S/C57H104N2O14/c1-9-13-27-36-50(72-56(66)46-58(5,6)40-42-68-52(62)12-4)48(60)34-29-23-19-15-17-21-25-31-38-54(64)70-44-45-71-55(65)39-32-26-22-18-16-20-24-30-35-49(61)51(37-28-14-10-2)73-57(67)47-59(7,8)41-43-69-53(63)33-11-3/h23-24,29-30,48-51,60-61H,9-22,25-28,31-47H2,1-8H3/q+2. The molecule has 0 aromatic heterocycles. The van der Waals surface area contributed by atoms with E-state index in [1.807, 2.05) is 47.3 Å². The van der Waals surface area contributed by atoms with Crippen LogP contribution in [0.1, 0.15) is 201 Å². The van der Waals surface area contributed by atoms with Gasteiger partial charge in [-0.2, -0.15) is 0 Å². The molecule has 0 spiro atoms. The number of carbonyl (C=O) groups is 6. The lowest BCUT2D eigenvalue weighted by molar-refractivity contribution is -0.883. The largest absolute Gasteiger partial charge is 0.462 e. The number of aliphatic hydroxyl groups is 2. The van der Waals surface area contributed by atoms with E-state index in [0.29, 0.717) is 73.4 Å². The van der Waals surface area contributed by atoms with Crippen LogP contribution in [0.25, 0.3) is 0 Å². The highest BCUT2D eigenvalue weighted by molar-refractivity contribution is 5.72. The fraction of sp³-hybridized carbons (Fsp3) is 0.825. The number of allylic oxidation sites excluding steroid dienone is 2. The molecule has 0 rings (SSSR count). The molecule has 0 aromatic carbocycles. The Morgan fingerprint density at radius 2 is 0.781 bits per heavy atom. The Bertz CT molecular complexity index is 1530. The number of likely N-dealkylation sites (N-methyl/N-ethyl adjacent to an activating group) is 2. The van der Waals surface area contributed by atoms with Crippen molar-refractivity contribution in [3.8, 4) is 0 Å². The summed E-state index contributed by atoms with van der Waals surface area (Å²) >= 11 is 0. The minimum absolute atomic E-state index is 0.0529. The van der Waals surface area contributed by atoms with Crippen molar-refractivity contribution in [2.45, 2.75) is 225 Å². The van der Waals surface area contributed by atoms with Gasteiger partial charge in [0.15, 0.2) is 13.1 Å². The number of hydrogen-bond donors (Lipinski definition) is 2. The first-order valence-electron chi connectivity index (χ1n) is 28.2. The van der Waals surface area contributed by atoms with Gasteiger partial charge in [-0.1, -0.05) is 116 Å². The molecule has 16 heteroatoms. The lowest BCUT2D eigenvalue weighted by atomic mass is 10.0. The number of hydrogen-bond acceptors (Lipinski definition) is 14. The van der Waals surface area contributed by atoms with E-state index in [1.54, 1.807) is 6.92 Å². The van der Waals surface area contributed by atoms with E-state index < -0.39 is 24.4 Å². The number of unbranched alkanes of at least 4 members (excludes halogenated alkanes) is 14. The first kappa shape index (κ1) is 69.1. The van der Waals surface area contributed by atoms with Crippen LogP contribution >= 0.6 is 0 Å². The second kappa shape index (κ2) is 44.4. The van der Waals surface area contributed by atoms with E-state index in [-0.39, 0.29) is 75.3 Å². The molecule has 73 heavy (non-hydrogen) atoms. The van der Waals surface area contributed by atoms with Gasteiger partial charge in [0.1, 0.15) is 51.7 Å². The lowest BCUT2D eigenvalue weighted by Gasteiger charge is -2.30. The summed E-state index contributed by atoms with van der Waals surface area (Å²) in [5.74, 6) is -1.83. The quantitative estimate of drug-likeness (QED) is 0.0192. The van der Waals surface area contributed by atoms with E-state index in [4.69, 9.17) is 28.4 Å². The number of nitrogens with zero attached hydrogens (tertiary/aromatic N) is 2. The number of aliphatic hydroxyl groups excluding tert-OH is 2. The first-order valence-corrected chi connectivity index (χ1v) is 28.2. The molecule has 0 bridgehead atoms. The van der Waals surface area contributed by atoms with Crippen molar-refractivity contribution in [3.05, 3.63) is 24.3 Å². The van der Waals surface area contributed by atoms with E-state index in [1.165, 1.54) is 0 Å². The van der Waals surface area contributed by atoms with Crippen molar-refractivity contribution in [2.24, 2.45) is 0 Å². The molecule has 0 radical (unpaired) electrons. The highest BCUT2D eigenvalue weighted by Gasteiger charge is 2.29. The smallest absolute Gasteiger partial charge is 0.362 e. The first-order chi connectivity index (χ1) is 34.9. The van der Waals surface area contributed by atoms with E-state index in [0.717, 1.165) is 122 Å². The molecule has 0 aliphatic rings. The van der Waals surface area contributed by atoms with Crippen molar-refractivity contribution >= 4 is 35.8 Å². The maximum Gasteiger partial charge on any atom is 0.362 e. The van der Waals surface area contributed by atoms with Crippen molar-refractivity contribution < 1.29 is 76.4 Å². The Hall–Kier alpha value is -3.86. The van der Waals surface area contributed by atoms with Gasteiger partial charge < -0.3 is 47.6 Å². The molecule has 0 aliphatic heterocycles. The number of ether oxygens (including phenoxy) is 6. The van der Waals surface area contributed by atoms with Crippen LogP contribution in [0, 0.1) is 0 Å². The van der Waals surface area contributed by atoms with Gasteiger partial charge in [-0.3, -0.25) is 19.2 Å². The molecule has 0 saturated heterocycles. The topological polar surface area (TPSA) is 198 Å². The molecule has 2 N–H and O–H groups in total. The molecule has 4 unspecified atom stereocenters. The Balaban J connectivity index is 4.16. The summed E-state index contributed by atoms with van der Waals surface area (Å²) in [7, 11) is 7.55. The van der Waals surface area contributed by atoms with Crippen LogP contribution < -0.4 is 0 Å². The zero-order valence-electron chi connectivity index (χ0n) is 47.1. The molecule has 0 heterocycles. The van der Waals surface area contributed by atoms with Crippen molar-refractivity contribution in [1.82, 2.24) is 0 Å². The third-order valence-electron chi connectivity index (χ3n) is 12.6. The van der Waals surface area contributed by atoms with Gasteiger partial charge >= 0.3 is 35.8 Å². The van der Waals surface area contributed by atoms with Gasteiger partial charge in [0.05, 0.1) is 40.4 Å². The zero-order chi connectivity index (χ0) is 54.6. The maximum absolute atomic E-state index is 12.9. The molecule has 0 fully saturated rings. The molecular formula is C57H104N2O14+2. The minimum Gasteiger partial charge on any atom is -0.462 e. The fourth-order valence-electron chi connectivity index (χ4n) is 7.90. The Kier molecular flexibility index (Phi) is 42.1. The van der Waals surface area contributed by atoms with Crippen LogP contribution in [0.3, 0.4) is 0 Å². The maximum atomic E-state index is 12.9. The average Bonchev–Trinajstić information content (AvgIpc) is 3.32. The third-order valence-corrected chi connectivity index (χ3v) is 12.6. The van der Waals surface area contributed by atoms with Gasteiger partial charge in [-0.25, -0.2) is 9.59 Å². The summed E-state index contributed by atoms with van der Waals surface area (Å²) < 4.78 is 33.1. The number of carbonyl (C=O) groups excluding carboxylic acids is 6. The second-order valence-electron chi connectivity index (χ2n) is 20.8. The molecule has 0 aromatic rings. The number of quaternary nitrogens is 2. The Labute approximate surface area is 441 Å². The molecule has 0 saturated carbocycles. The SMILES string of the molecule is CCCCCC(OC(=O)C[N+](C)(C)CCOC(=O)CC)C(O)CC=CCCCCCCCC(=O)OCCOC(=O)CCCCCCCC=CCC(O)C(CCCCC)OC(=O)C[N+](C)(C)CCOC(=O)CCC. The molecule has 424 valence electrons. The summed E-state index contributed by atoms with van der Waals surface area (Å²) in [6, 6.07) is 0. The van der Waals surface area contributed by atoms with Crippen molar-refractivity contribution in [1.29, 1.82) is 0 Å². The van der Waals surface area contributed by atoms with Crippen LogP contribution in [-0.2, 0) is 57.2 Å². The van der Waals surface area contributed by atoms with Gasteiger partial charge in [0.25, 0.3) is 0 Å². The van der Waals surface area contributed by atoms with Gasteiger partial charge in [0.2, 0.25) is 0 Å². The van der Waals surface area contributed by atoms with Crippen molar-refractivity contribution in [3.63, 3.8) is 0 Å².